The number of ether oxygens (including phenoxy) is 1. The third kappa shape index (κ3) is 6.78. The maximum atomic E-state index is 13.5. The number of hydrogen-bond acceptors (Lipinski definition) is 7. The van der Waals surface area contributed by atoms with Crippen molar-refractivity contribution >= 4 is 11.8 Å². The fourth-order valence-electron chi connectivity index (χ4n) is 3.73. The van der Waals surface area contributed by atoms with E-state index in [4.69, 9.17) is 4.74 Å². The second kappa shape index (κ2) is 11.8. The molecule has 1 aliphatic rings. The predicted molar refractivity (Wildman–Crippen MR) is 132 cm³/mol. The Morgan fingerprint density at radius 2 is 1.94 bits per heavy atom. The minimum absolute atomic E-state index is 0.0283. The van der Waals surface area contributed by atoms with E-state index in [0.29, 0.717) is 18.7 Å². The van der Waals surface area contributed by atoms with Crippen molar-refractivity contribution in [3.8, 4) is 17.7 Å². The average molecular weight is 480 g/mol. The lowest BCUT2D eigenvalue weighted by Crippen LogP contribution is -2.51. The van der Waals surface area contributed by atoms with Gasteiger partial charge in [0.1, 0.15) is 11.7 Å². The Kier molecular flexibility index (Phi) is 8.79. The summed E-state index contributed by atoms with van der Waals surface area (Å²) < 4.78 is 6.24. The number of rotatable bonds is 6. The molecule has 2 aromatic heterocycles. The molecule has 0 aliphatic carbocycles. The summed E-state index contributed by atoms with van der Waals surface area (Å²) in [7, 11) is 5.43. The van der Waals surface area contributed by atoms with Gasteiger partial charge in [-0.15, -0.1) is 0 Å². The van der Waals surface area contributed by atoms with E-state index in [-0.39, 0.29) is 42.3 Å². The van der Waals surface area contributed by atoms with Crippen LogP contribution < -0.4 is 4.74 Å². The van der Waals surface area contributed by atoms with E-state index in [2.05, 4.69) is 21.8 Å². The lowest BCUT2D eigenvalue weighted by molar-refractivity contribution is -0.132. The summed E-state index contributed by atoms with van der Waals surface area (Å²) >= 11 is 0. The summed E-state index contributed by atoms with van der Waals surface area (Å²) in [6, 6.07) is 4.88. The van der Waals surface area contributed by atoms with Crippen molar-refractivity contribution < 1.29 is 19.4 Å². The van der Waals surface area contributed by atoms with Crippen LogP contribution in [0.4, 0.5) is 0 Å². The molecule has 0 saturated carbocycles. The van der Waals surface area contributed by atoms with Crippen LogP contribution in [0.15, 0.2) is 36.8 Å². The molecular weight excluding hydrogens is 446 g/mol. The monoisotopic (exact) mass is 479 g/mol. The van der Waals surface area contributed by atoms with Crippen molar-refractivity contribution in [2.75, 3.05) is 47.4 Å². The first-order chi connectivity index (χ1) is 16.7. The number of fused-ring (bicyclic) bond motifs is 1. The Hall–Kier alpha value is -3.48. The van der Waals surface area contributed by atoms with Crippen molar-refractivity contribution in [2.45, 2.75) is 26.0 Å². The number of pyridine rings is 2. The summed E-state index contributed by atoms with van der Waals surface area (Å²) in [5.74, 6) is 5.87. The topological polar surface area (TPSA) is 99.1 Å². The molecule has 35 heavy (non-hydrogen) atoms. The maximum Gasteiger partial charge on any atom is 0.259 e. The molecule has 0 fully saturated rings. The van der Waals surface area contributed by atoms with Gasteiger partial charge in [-0.25, -0.2) is 4.98 Å². The van der Waals surface area contributed by atoms with Crippen LogP contribution in [-0.4, -0.2) is 101 Å². The molecule has 3 rings (SSSR count). The molecule has 1 aliphatic heterocycles. The van der Waals surface area contributed by atoms with E-state index in [0.717, 1.165) is 5.56 Å². The largest absolute Gasteiger partial charge is 0.472 e. The van der Waals surface area contributed by atoms with Crippen LogP contribution in [0.2, 0.25) is 0 Å². The minimum Gasteiger partial charge on any atom is -0.472 e. The minimum atomic E-state index is -0.396. The Labute approximate surface area is 206 Å². The van der Waals surface area contributed by atoms with E-state index in [1.165, 1.54) is 0 Å². The summed E-state index contributed by atoms with van der Waals surface area (Å²) in [6.07, 6.45) is 4.50. The number of aliphatic hydroxyl groups excluding tert-OH is 1. The Morgan fingerprint density at radius 1 is 1.26 bits per heavy atom. The number of aromatic nitrogens is 2. The highest BCUT2D eigenvalue weighted by Gasteiger charge is 2.34. The highest BCUT2D eigenvalue weighted by atomic mass is 16.5. The highest BCUT2D eigenvalue weighted by molar-refractivity contribution is 5.97. The average Bonchev–Trinajstić information content (AvgIpc) is 2.84. The van der Waals surface area contributed by atoms with E-state index in [1.807, 2.05) is 25.9 Å². The van der Waals surface area contributed by atoms with Crippen molar-refractivity contribution in [1.29, 1.82) is 0 Å². The number of nitrogens with zero attached hydrogens (tertiary/aromatic N) is 5. The van der Waals surface area contributed by atoms with Crippen LogP contribution in [0, 0.1) is 17.8 Å². The molecule has 3 heterocycles. The Morgan fingerprint density at radius 3 is 2.60 bits per heavy atom. The molecular formula is C26H33N5O4. The van der Waals surface area contributed by atoms with Crippen LogP contribution in [0.5, 0.6) is 5.88 Å². The second-order valence-corrected chi connectivity index (χ2v) is 9.20. The van der Waals surface area contributed by atoms with Crippen LogP contribution in [0.1, 0.15) is 35.3 Å². The van der Waals surface area contributed by atoms with Gasteiger partial charge in [0.25, 0.3) is 5.91 Å². The summed E-state index contributed by atoms with van der Waals surface area (Å²) in [6.45, 7) is 4.60. The maximum absolute atomic E-state index is 13.5. The standard InChI is InChI=1S/C26H33N5O4/c1-18-14-31(19(2)17-32)26(34)22-12-21(7-6-20-8-10-27-11-9-20)13-28-25(22)35-23(18)15-30(5)24(33)16-29(3)4/h8-13,18-19,23,32H,14-17H2,1-5H3/t18-,19-,23+/m0/s1. The van der Waals surface area contributed by atoms with Gasteiger partial charge in [-0.3, -0.25) is 14.6 Å². The van der Waals surface area contributed by atoms with Gasteiger partial charge in [0.05, 0.1) is 25.7 Å². The Bertz CT molecular complexity index is 1100. The number of carbonyl (C=O) groups is 2. The second-order valence-electron chi connectivity index (χ2n) is 9.20. The number of aliphatic hydroxyl groups is 1. The SMILES string of the molecule is C[C@H]1CN([C@@H](C)CO)C(=O)c2cc(C#Cc3ccncc3)cnc2O[C@@H]1CN(C)C(=O)CN(C)C. The molecule has 0 bridgehead atoms. The van der Waals surface area contributed by atoms with Gasteiger partial charge in [-0.1, -0.05) is 18.8 Å². The van der Waals surface area contributed by atoms with Gasteiger partial charge in [0.2, 0.25) is 11.8 Å². The molecule has 2 amide bonds. The molecule has 0 saturated heterocycles. The molecule has 0 aromatic carbocycles. The number of likely N-dealkylation sites (N-methyl/N-ethyl adjacent to an activating group) is 2. The van der Waals surface area contributed by atoms with Gasteiger partial charge in [0, 0.05) is 49.2 Å². The van der Waals surface area contributed by atoms with E-state index >= 15 is 0 Å². The fraction of sp³-hybridized carbons (Fsp3) is 0.462. The third-order valence-corrected chi connectivity index (χ3v) is 5.88. The molecule has 2 aromatic rings. The molecule has 0 spiro atoms. The first-order valence-electron chi connectivity index (χ1n) is 11.6. The molecule has 9 heteroatoms. The van der Waals surface area contributed by atoms with Crippen LogP contribution in [0.3, 0.4) is 0 Å². The van der Waals surface area contributed by atoms with E-state index < -0.39 is 12.1 Å². The summed E-state index contributed by atoms with van der Waals surface area (Å²) in [4.78, 5) is 39.5. The van der Waals surface area contributed by atoms with Crippen molar-refractivity contribution in [3.05, 3.63) is 53.5 Å². The summed E-state index contributed by atoms with van der Waals surface area (Å²) in [5.41, 5.74) is 1.65. The lowest BCUT2D eigenvalue weighted by atomic mass is 10.00. The van der Waals surface area contributed by atoms with Gasteiger partial charge in [0.15, 0.2) is 0 Å². The third-order valence-electron chi connectivity index (χ3n) is 5.88. The smallest absolute Gasteiger partial charge is 0.259 e. The van der Waals surface area contributed by atoms with Crippen LogP contribution in [0.25, 0.3) is 0 Å². The van der Waals surface area contributed by atoms with E-state index in [1.54, 1.807) is 60.6 Å². The quantitative estimate of drug-likeness (QED) is 0.620. The summed E-state index contributed by atoms with van der Waals surface area (Å²) in [5, 5.41) is 9.81. The van der Waals surface area contributed by atoms with Gasteiger partial charge >= 0.3 is 0 Å². The number of hydrogen-bond donors (Lipinski definition) is 1. The Balaban J connectivity index is 1.95. The number of carbonyl (C=O) groups excluding carboxylic acids is 2. The first kappa shape index (κ1) is 26.1. The highest BCUT2D eigenvalue weighted by Crippen LogP contribution is 2.27. The molecule has 1 N–H and O–H groups in total. The predicted octanol–water partition coefficient (Wildman–Crippen LogP) is 1.12. The van der Waals surface area contributed by atoms with Crippen molar-refractivity contribution in [2.24, 2.45) is 5.92 Å². The zero-order valence-corrected chi connectivity index (χ0v) is 20.9. The molecule has 186 valence electrons. The zero-order chi connectivity index (χ0) is 25.5. The van der Waals surface area contributed by atoms with E-state index in [9.17, 15) is 14.7 Å². The number of amides is 2. The van der Waals surface area contributed by atoms with Crippen molar-refractivity contribution in [3.63, 3.8) is 0 Å². The van der Waals surface area contributed by atoms with Gasteiger partial charge in [-0.05, 0) is 39.2 Å². The van der Waals surface area contributed by atoms with Crippen LogP contribution >= 0.6 is 0 Å². The normalized spacial score (nSPS) is 18.5. The molecule has 0 unspecified atom stereocenters. The molecule has 3 atom stereocenters. The van der Waals surface area contributed by atoms with Crippen LogP contribution in [-0.2, 0) is 4.79 Å². The van der Waals surface area contributed by atoms with Crippen molar-refractivity contribution in [1.82, 2.24) is 24.7 Å². The molecule has 0 radical (unpaired) electrons. The fourth-order valence-corrected chi connectivity index (χ4v) is 3.73. The van der Waals surface area contributed by atoms with Gasteiger partial charge in [-0.2, -0.15) is 0 Å². The first-order valence-corrected chi connectivity index (χ1v) is 11.6. The zero-order valence-electron chi connectivity index (χ0n) is 20.9. The lowest BCUT2D eigenvalue weighted by Gasteiger charge is -2.37. The molecule has 9 nitrogen and oxygen atoms in total. The van der Waals surface area contributed by atoms with Gasteiger partial charge < -0.3 is 24.5 Å².